The highest BCUT2D eigenvalue weighted by Gasteiger charge is 2.33. The van der Waals surface area contributed by atoms with Crippen LogP contribution in [-0.4, -0.2) is 24.2 Å². The van der Waals surface area contributed by atoms with E-state index in [-0.39, 0.29) is 0 Å². The van der Waals surface area contributed by atoms with Crippen LogP contribution in [-0.2, 0) is 0 Å². The Morgan fingerprint density at radius 2 is 0.889 bits per heavy atom. The van der Waals surface area contributed by atoms with E-state index in [9.17, 15) is 0 Å². The van der Waals surface area contributed by atoms with E-state index in [2.05, 4.69) is 77.1 Å². The average Bonchev–Trinajstić information content (AvgIpc) is 2.12. The van der Waals surface area contributed by atoms with Gasteiger partial charge in [-0.15, -0.1) is 0 Å². The predicted octanol–water partition coefficient (Wildman–Crippen LogP) is 3.32. The predicted molar refractivity (Wildman–Crippen MR) is 95.4 cm³/mol. The van der Waals surface area contributed by atoms with Crippen LogP contribution in [0.15, 0.2) is 18.2 Å². The lowest BCUT2D eigenvalue weighted by atomic mass is 10.3. The molecule has 0 heterocycles. The van der Waals surface area contributed by atoms with E-state index in [0.717, 1.165) is 0 Å². The summed E-state index contributed by atoms with van der Waals surface area (Å²) in [5, 5.41) is 5.24. The van der Waals surface area contributed by atoms with Crippen LogP contribution in [0, 0.1) is 0 Å². The van der Waals surface area contributed by atoms with Crippen molar-refractivity contribution in [2.75, 3.05) is 0 Å². The van der Waals surface area contributed by atoms with Crippen molar-refractivity contribution < 1.29 is 0 Å². The van der Waals surface area contributed by atoms with Gasteiger partial charge in [0.1, 0.15) is 0 Å². The fourth-order valence-electron chi connectivity index (χ4n) is 2.61. The van der Waals surface area contributed by atoms with Crippen LogP contribution in [0.1, 0.15) is 0 Å². The van der Waals surface area contributed by atoms with Gasteiger partial charge in [-0.25, -0.2) is 0 Å². The van der Waals surface area contributed by atoms with Crippen LogP contribution in [0.2, 0.25) is 58.9 Å². The van der Waals surface area contributed by atoms with E-state index >= 15 is 0 Å². The zero-order valence-corrected chi connectivity index (χ0v) is 16.7. The largest absolute Gasteiger partial charge is 0.0774 e. The van der Waals surface area contributed by atoms with Gasteiger partial charge < -0.3 is 0 Å². The minimum absolute atomic E-state index is 1.24. The van der Waals surface area contributed by atoms with Crippen LogP contribution in [0.4, 0.5) is 0 Å². The van der Waals surface area contributed by atoms with E-state index in [4.69, 9.17) is 0 Å². The van der Waals surface area contributed by atoms with Crippen LogP contribution < -0.4 is 15.6 Å². The molecule has 0 amide bonds. The van der Waals surface area contributed by atoms with Crippen molar-refractivity contribution in [1.29, 1.82) is 0 Å². The summed E-state index contributed by atoms with van der Waals surface area (Å²) in [7, 11) is -3.75. The summed E-state index contributed by atoms with van der Waals surface area (Å²) >= 11 is 0. The molecule has 1 aromatic carbocycles. The zero-order valence-electron chi connectivity index (χ0n) is 13.7. The Morgan fingerprint density at radius 3 is 1.11 bits per heavy atom. The molecule has 0 spiro atoms. The molecule has 3 heteroatoms. The molecule has 0 aliphatic carbocycles. The summed E-state index contributed by atoms with van der Waals surface area (Å²) in [6.07, 6.45) is 0. The maximum absolute atomic E-state index is 2.51. The molecule has 18 heavy (non-hydrogen) atoms. The standard InChI is InChI=1S/C15H30Si3/c1-16(2,3)13-11-10-12-14(17(4,5)6)15(13)18(7,8)9/h10-12H,1-9H3. The number of benzene rings is 1. The highest BCUT2D eigenvalue weighted by atomic mass is 28.3. The van der Waals surface area contributed by atoms with Crippen molar-refractivity contribution in [2.24, 2.45) is 0 Å². The molecule has 0 unspecified atom stereocenters. The SMILES string of the molecule is C[Si](C)(C)c1cccc([Si](C)(C)C)c1[Si](C)(C)C. The average molecular weight is 295 g/mol. The summed E-state index contributed by atoms with van der Waals surface area (Å²) in [4.78, 5) is 0. The fourth-order valence-corrected chi connectivity index (χ4v) is 12.0. The third kappa shape index (κ3) is 3.46. The van der Waals surface area contributed by atoms with Gasteiger partial charge in [-0.3, -0.25) is 0 Å². The van der Waals surface area contributed by atoms with Gasteiger partial charge in [0, 0.05) is 0 Å². The first-order valence-corrected chi connectivity index (χ1v) is 17.5. The van der Waals surface area contributed by atoms with Crippen molar-refractivity contribution in [3.63, 3.8) is 0 Å². The minimum Gasteiger partial charge on any atom is -0.0656 e. The Bertz CT molecular complexity index is 396. The van der Waals surface area contributed by atoms with Gasteiger partial charge in [0.15, 0.2) is 0 Å². The summed E-state index contributed by atoms with van der Waals surface area (Å²) < 4.78 is 0. The first kappa shape index (κ1) is 15.9. The molecular weight excluding hydrogens is 264 g/mol. The van der Waals surface area contributed by atoms with Crippen molar-refractivity contribution in [3.8, 4) is 0 Å². The number of hydrogen-bond acceptors (Lipinski definition) is 0. The Balaban J connectivity index is 3.68. The lowest BCUT2D eigenvalue weighted by Gasteiger charge is -2.34. The lowest BCUT2D eigenvalue weighted by Crippen LogP contribution is -2.66. The highest BCUT2D eigenvalue weighted by molar-refractivity contribution is 7.03. The Morgan fingerprint density at radius 1 is 0.556 bits per heavy atom. The summed E-state index contributed by atoms with van der Waals surface area (Å²) in [6, 6.07) is 7.15. The summed E-state index contributed by atoms with van der Waals surface area (Å²) in [6.45, 7) is 22.4. The van der Waals surface area contributed by atoms with Crippen molar-refractivity contribution in [1.82, 2.24) is 0 Å². The van der Waals surface area contributed by atoms with Gasteiger partial charge in [0.25, 0.3) is 0 Å². The molecular formula is C15H30Si3. The molecule has 0 saturated carbocycles. The van der Waals surface area contributed by atoms with Crippen LogP contribution in [0.25, 0.3) is 0 Å². The van der Waals surface area contributed by atoms with E-state index in [0.29, 0.717) is 0 Å². The molecule has 0 aliphatic rings. The zero-order chi connectivity index (χ0) is 14.4. The molecule has 1 rings (SSSR count). The molecule has 0 aliphatic heterocycles. The van der Waals surface area contributed by atoms with E-state index in [1.54, 1.807) is 15.6 Å². The number of hydrogen-bond donors (Lipinski definition) is 0. The molecule has 1 aromatic rings. The molecule has 0 nitrogen and oxygen atoms in total. The van der Waals surface area contributed by atoms with Gasteiger partial charge in [-0.05, 0) is 0 Å². The van der Waals surface area contributed by atoms with E-state index in [1.807, 2.05) is 0 Å². The van der Waals surface area contributed by atoms with Crippen molar-refractivity contribution in [3.05, 3.63) is 18.2 Å². The Hall–Kier alpha value is -0.129. The first-order valence-electron chi connectivity index (χ1n) is 6.99. The van der Waals surface area contributed by atoms with Gasteiger partial charge in [-0.1, -0.05) is 92.7 Å². The highest BCUT2D eigenvalue weighted by Crippen LogP contribution is 2.09. The Labute approximate surface area is 117 Å². The second-order valence-electron chi connectivity index (χ2n) is 8.48. The molecule has 0 aromatic heterocycles. The smallest absolute Gasteiger partial charge is 0.0656 e. The molecule has 0 fully saturated rings. The maximum Gasteiger partial charge on any atom is 0.0774 e. The topological polar surface area (TPSA) is 0 Å². The quantitative estimate of drug-likeness (QED) is 0.750. The second-order valence-corrected chi connectivity index (χ2v) is 23.6. The minimum atomic E-state index is -1.27. The number of rotatable bonds is 3. The van der Waals surface area contributed by atoms with E-state index in [1.165, 1.54) is 0 Å². The summed E-state index contributed by atoms with van der Waals surface area (Å²) in [5.41, 5.74) is 0. The van der Waals surface area contributed by atoms with Gasteiger partial charge in [0.2, 0.25) is 0 Å². The molecule has 0 atom stereocenters. The van der Waals surface area contributed by atoms with E-state index < -0.39 is 24.2 Å². The second kappa shape index (κ2) is 4.76. The maximum atomic E-state index is 2.51. The molecule has 0 bridgehead atoms. The van der Waals surface area contributed by atoms with Crippen LogP contribution >= 0.6 is 0 Å². The molecule has 0 radical (unpaired) electrons. The lowest BCUT2D eigenvalue weighted by molar-refractivity contribution is 1.65. The normalized spacial score (nSPS) is 13.8. The molecule has 102 valence electrons. The fraction of sp³-hybridized carbons (Fsp3) is 0.600. The van der Waals surface area contributed by atoms with Crippen molar-refractivity contribution in [2.45, 2.75) is 58.9 Å². The summed E-state index contributed by atoms with van der Waals surface area (Å²) in [5.74, 6) is 0. The molecule has 0 saturated heterocycles. The van der Waals surface area contributed by atoms with Crippen molar-refractivity contribution >= 4 is 39.8 Å². The first-order chi connectivity index (χ1) is 7.85. The van der Waals surface area contributed by atoms with Crippen LogP contribution in [0.5, 0.6) is 0 Å². The third-order valence-corrected chi connectivity index (χ3v) is 10.0. The Kier molecular flexibility index (Phi) is 4.21. The van der Waals surface area contributed by atoms with Crippen LogP contribution in [0.3, 0.4) is 0 Å². The van der Waals surface area contributed by atoms with Gasteiger partial charge >= 0.3 is 0 Å². The monoisotopic (exact) mass is 294 g/mol. The van der Waals surface area contributed by atoms with Gasteiger partial charge in [0.05, 0.1) is 24.2 Å². The third-order valence-electron chi connectivity index (χ3n) is 3.43. The molecule has 0 N–H and O–H groups in total. The van der Waals surface area contributed by atoms with Gasteiger partial charge in [-0.2, -0.15) is 0 Å².